The van der Waals surface area contributed by atoms with E-state index in [1.54, 1.807) is 6.07 Å². The molecule has 40 nitrogen and oxygen atoms in total. The third-order valence-electron chi connectivity index (χ3n) is 15.1. The van der Waals surface area contributed by atoms with Crippen molar-refractivity contribution in [1.29, 1.82) is 0 Å². The summed E-state index contributed by atoms with van der Waals surface area (Å²) in [7, 11) is 0. The molecule has 2 aromatic rings. The zero-order valence-corrected chi connectivity index (χ0v) is 61.2. The van der Waals surface area contributed by atoms with Crippen molar-refractivity contribution in [2.24, 2.45) is 5.90 Å². The lowest BCUT2D eigenvalue weighted by Gasteiger charge is -2.38. The minimum Gasteiger partial charge on any atom is -0.479 e. The number of ether oxygens (including phenoxy) is 18. The average molecular weight is 1570 g/mol. The van der Waals surface area contributed by atoms with Crippen LogP contribution in [0.3, 0.4) is 0 Å². The number of aliphatic hydroxyl groups is 6. The van der Waals surface area contributed by atoms with E-state index < -0.39 is 97.0 Å². The van der Waals surface area contributed by atoms with Gasteiger partial charge in [0.15, 0.2) is 11.9 Å². The Hall–Kier alpha value is -7.30. The Morgan fingerprint density at radius 1 is 0.495 bits per heavy atom. The molecule has 4 rings (SSSR count). The predicted octanol–water partition coefficient (Wildman–Crippen LogP) is -3.47. The van der Waals surface area contributed by atoms with Gasteiger partial charge in [0.05, 0.1) is 169 Å². The molecule has 0 bridgehead atoms. The van der Waals surface area contributed by atoms with E-state index in [2.05, 4.69) is 20.8 Å². The molecule has 0 saturated carbocycles. The number of Topliss-reactive ketones (excluding diaryl/α,β-unsaturated/α-hetero) is 2. The van der Waals surface area contributed by atoms with Crippen LogP contribution in [0.1, 0.15) is 84.2 Å². The molecule has 3 amide bonds. The van der Waals surface area contributed by atoms with Crippen LogP contribution in [-0.2, 0) is 132 Å². The van der Waals surface area contributed by atoms with Crippen molar-refractivity contribution in [2.75, 3.05) is 185 Å². The number of rotatable bonds is 62. The van der Waals surface area contributed by atoms with Crippen molar-refractivity contribution in [2.45, 2.75) is 127 Å². The maximum Gasteiger partial charge on any atom is 0.373 e. The molecule has 0 radical (unpaired) electrons. The fraction of sp³-hybridized carbons (Fsp3) is 0.696. The molecule has 10 atom stereocenters. The third-order valence-corrected chi connectivity index (χ3v) is 15.1. The largest absolute Gasteiger partial charge is 0.479 e. The maximum atomic E-state index is 13.3. The average Bonchev–Trinajstić information content (AvgIpc) is 0.799. The van der Waals surface area contributed by atoms with E-state index in [-0.39, 0.29) is 211 Å². The highest BCUT2D eigenvalue weighted by Crippen LogP contribution is 2.29. The van der Waals surface area contributed by atoms with E-state index in [9.17, 15) is 74.1 Å². The van der Waals surface area contributed by atoms with Gasteiger partial charge < -0.3 is 142 Å². The van der Waals surface area contributed by atoms with Gasteiger partial charge in [-0.2, -0.15) is 9.59 Å². The van der Waals surface area contributed by atoms with E-state index in [0.29, 0.717) is 76.8 Å². The van der Waals surface area contributed by atoms with Crippen molar-refractivity contribution in [3.8, 4) is 11.5 Å². The van der Waals surface area contributed by atoms with E-state index in [4.69, 9.17) is 101 Å². The van der Waals surface area contributed by atoms with Crippen LogP contribution in [0.25, 0.3) is 0 Å². The molecule has 109 heavy (non-hydrogen) atoms. The van der Waals surface area contributed by atoms with Gasteiger partial charge in [0, 0.05) is 59.4 Å². The highest BCUT2D eigenvalue weighted by Gasteiger charge is 2.48. The number of ketones is 2. The molecule has 2 aliphatic heterocycles. The molecule has 40 heteroatoms. The summed E-state index contributed by atoms with van der Waals surface area (Å²) < 4.78 is 98.1. The Kier molecular flexibility index (Phi) is 52.4. The van der Waals surface area contributed by atoms with Crippen LogP contribution in [-0.4, -0.2) is 335 Å². The van der Waals surface area contributed by atoms with E-state index in [1.165, 1.54) is 44.2 Å². The molecule has 2 heterocycles. The lowest BCUT2D eigenvalue weighted by atomic mass is 9.99. The molecule has 0 aliphatic carbocycles. The van der Waals surface area contributed by atoms with Gasteiger partial charge in [0.1, 0.15) is 73.7 Å². The Labute approximate surface area is 629 Å². The molecule has 2 aromatic carbocycles. The molecule has 0 spiro atoms. The van der Waals surface area contributed by atoms with Gasteiger partial charge in [-0.3, -0.25) is 33.6 Å². The second kappa shape index (κ2) is 59.5. The van der Waals surface area contributed by atoms with E-state index >= 15 is 0 Å². The van der Waals surface area contributed by atoms with Gasteiger partial charge in [-0.15, -0.1) is 0 Å². The first-order valence-electron chi connectivity index (χ1n) is 35.2. The molecule has 2 aliphatic rings. The number of carbonyl (C=O) groups is 8. The molecule has 2 saturated heterocycles. The summed E-state index contributed by atoms with van der Waals surface area (Å²) in [6.07, 6.45) is -13.8. The standard InChI is InChI=1S/C68H106N4O34.CO2/c1-45(73)100-41-47-7-11-55(104-67-61(82)58(79)54(77)43-102-67)50(39-47)64(84)70-13-17-90-21-25-94-30-34-97-32-28-93-24-20-89-16-4-6-53(76)52(72-57(78)44-99-36-35-98-37-38-103-69)10-9-49(75)5-3-15-88-19-23-92-27-31-96-33-29-95-26-22-91-18-14-71-65(85)51-40-48(42-101-46(2)74)8-12-56(51)105-68-62(83)59(80)60(81)63(106-68)66(86)87;2-1-3/h7-8,11-12,39-40,52,54,58-63,67-68,77,79-83H,3-6,9-10,13-38,41-44,69H2,1-2H3,(H,70,84)(H,71,85)(H,72,78)(H,86,87);/t52-,54+,58-,59-,60-,61+,62+,63-,67-,68+;/m0./s1. The Balaban J connectivity index is 0.0000101. The van der Waals surface area contributed by atoms with Crippen LogP contribution < -0.4 is 31.3 Å². The second-order valence-electron chi connectivity index (χ2n) is 23.6. The number of benzene rings is 2. The number of aliphatic hydroxyl groups excluding tert-OH is 6. The number of carboxylic acid groups (broad SMARTS) is 1. The monoisotopic (exact) mass is 1570 g/mol. The minimum absolute atomic E-state index is 0.0168. The van der Waals surface area contributed by atoms with Crippen LogP contribution in [0.2, 0.25) is 0 Å². The third kappa shape index (κ3) is 42.6. The van der Waals surface area contributed by atoms with Gasteiger partial charge >= 0.3 is 24.1 Å². The van der Waals surface area contributed by atoms with E-state index in [0.717, 1.165) is 0 Å². The number of aliphatic carboxylic acids is 1. The number of amides is 3. The smallest absolute Gasteiger partial charge is 0.373 e. The summed E-state index contributed by atoms with van der Waals surface area (Å²) in [5.74, 6) is 0.0160. The van der Waals surface area contributed by atoms with Gasteiger partial charge in [-0.05, 0) is 54.7 Å². The van der Waals surface area contributed by atoms with Crippen LogP contribution in [0.15, 0.2) is 36.4 Å². The number of hydrogen-bond donors (Lipinski definition) is 11. The number of carboxylic acids is 1. The molecule has 0 aromatic heterocycles. The SMILES string of the molecule is CC(=O)OCc1ccc(O[C@@H]2O[C@H](C(=O)O)[C@@H](O)[C@H](O)[C@H]2O)c(C(=O)NCCOCCOCCOCCOCCOCCCC(=O)CC[C@H](NC(=O)COCCOCCON)C(=O)CCCOCCOCCOCCOCCOCCNC(=O)c2cc(COC(C)=O)ccc2O[C@@H]2OC[C@@H](O)[C@H](O)[C@H]2O)c1.O=C=O. The normalized spacial score (nSPS) is 19.1. The fourth-order valence-corrected chi connectivity index (χ4v) is 9.54. The number of hydrogen-bond acceptors (Lipinski definition) is 36. The van der Waals surface area contributed by atoms with Crippen LogP contribution in [0.5, 0.6) is 11.5 Å². The Morgan fingerprint density at radius 3 is 1.32 bits per heavy atom. The van der Waals surface area contributed by atoms with E-state index in [1.807, 2.05) is 0 Å². The van der Waals surface area contributed by atoms with Gasteiger partial charge in [-0.25, -0.2) is 10.7 Å². The summed E-state index contributed by atoms with van der Waals surface area (Å²) in [5, 5.41) is 78.3. The molecule has 0 unspecified atom stereocenters. The fourth-order valence-electron chi connectivity index (χ4n) is 9.54. The van der Waals surface area contributed by atoms with Gasteiger partial charge in [0.2, 0.25) is 18.5 Å². The summed E-state index contributed by atoms with van der Waals surface area (Å²) in [6, 6.07) is 7.65. The highest BCUT2D eigenvalue weighted by molar-refractivity contribution is 5.98. The number of esters is 2. The summed E-state index contributed by atoms with van der Waals surface area (Å²) in [6.45, 7) is 7.62. The number of nitrogens with two attached hydrogens (primary N) is 1. The first kappa shape index (κ1) is 95.9. The Bertz CT molecular complexity index is 2950. The lowest BCUT2D eigenvalue weighted by molar-refractivity contribution is -0.271. The number of nitrogens with one attached hydrogen (secondary N) is 3. The summed E-state index contributed by atoms with van der Waals surface area (Å²) >= 11 is 0. The van der Waals surface area contributed by atoms with Crippen LogP contribution >= 0.6 is 0 Å². The van der Waals surface area contributed by atoms with Crippen LogP contribution in [0, 0.1) is 0 Å². The van der Waals surface area contributed by atoms with Crippen molar-refractivity contribution in [1.82, 2.24) is 16.0 Å². The molecular formula is C69H106N4O36. The van der Waals surface area contributed by atoms with Crippen molar-refractivity contribution in [3.63, 3.8) is 0 Å². The first-order chi connectivity index (χ1) is 52.6. The van der Waals surface area contributed by atoms with Crippen molar-refractivity contribution in [3.05, 3.63) is 58.7 Å². The molecule has 12 N–H and O–H groups in total. The Morgan fingerprint density at radius 2 is 0.890 bits per heavy atom. The second-order valence-corrected chi connectivity index (χ2v) is 23.6. The topological polar surface area (TPSA) is 550 Å². The zero-order chi connectivity index (χ0) is 79.8. The maximum absolute atomic E-state index is 13.3. The van der Waals surface area contributed by atoms with Crippen molar-refractivity contribution >= 4 is 53.3 Å². The number of carbonyl (C=O) groups excluding carboxylic acids is 9. The molecular weight excluding hydrogens is 1460 g/mol. The van der Waals surface area contributed by atoms with Gasteiger partial charge in [0.25, 0.3) is 11.8 Å². The summed E-state index contributed by atoms with van der Waals surface area (Å²) in [5.41, 5.74) is 0.824. The predicted molar refractivity (Wildman–Crippen MR) is 366 cm³/mol. The summed E-state index contributed by atoms with van der Waals surface area (Å²) in [4.78, 5) is 120. The quantitative estimate of drug-likeness (QED) is 0.0174. The molecule has 2 fully saturated rings. The zero-order valence-electron chi connectivity index (χ0n) is 61.2. The van der Waals surface area contributed by atoms with Crippen LogP contribution in [0.4, 0.5) is 0 Å². The molecule has 618 valence electrons. The lowest BCUT2D eigenvalue weighted by Crippen LogP contribution is -2.61. The van der Waals surface area contributed by atoms with Crippen molar-refractivity contribution < 1.29 is 174 Å². The minimum atomic E-state index is -1.95. The highest BCUT2D eigenvalue weighted by atomic mass is 16.7. The van der Waals surface area contributed by atoms with Gasteiger partial charge in [-0.1, -0.05) is 12.1 Å². The first-order valence-corrected chi connectivity index (χ1v) is 35.2.